The van der Waals surface area contributed by atoms with E-state index >= 15 is 0 Å². The number of rotatable bonds is 11. The van der Waals surface area contributed by atoms with Crippen LogP contribution in [0.5, 0.6) is 0 Å². The largest absolute Gasteiger partial charge is 0.468 e. The highest BCUT2D eigenvalue weighted by Gasteiger charge is 2.38. The van der Waals surface area contributed by atoms with Crippen molar-refractivity contribution in [2.45, 2.75) is 70.9 Å². The van der Waals surface area contributed by atoms with E-state index in [0.717, 1.165) is 18.8 Å². The standard InChI is InChI=1S/C16H31NO2S/c1-13(2)9-12-20-11-6-5-10-16(3,15(18)19-4)17-14-7-8-14/h13-14,17H,5-12H2,1-4H3. The van der Waals surface area contributed by atoms with Crippen molar-refractivity contribution in [2.24, 2.45) is 5.92 Å². The molecule has 0 spiro atoms. The predicted octanol–water partition coefficient (Wildman–Crippen LogP) is 3.62. The Morgan fingerprint density at radius 3 is 2.60 bits per heavy atom. The summed E-state index contributed by atoms with van der Waals surface area (Å²) in [6, 6.07) is 0.527. The summed E-state index contributed by atoms with van der Waals surface area (Å²) in [5, 5.41) is 3.45. The zero-order chi connectivity index (χ0) is 15.0. The van der Waals surface area contributed by atoms with E-state index in [0.29, 0.717) is 6.04 Å². The van der Waals surface area contributed by atoms with Gasteiger partial charge in [-0.2, -0.15) is 11.8 Å². The molecule has 1 atom stereocenters. The summed E-state index contributed by atoms with van der Waals surface area (Å²) in [7, 11) is 1.48. The number of unbranched alkanes of at least 4 members (excludes halogenated alkanes) is 1. The van der Waals surface area contributed by atoms with Gasteiger partial charge in [0.15, 0.2) is 0 Å². The van der Waals surface area contributed by atoms with E-state index < -0.39 is 5.54 Å². The molecule has 118 valence electrons. The zero-order valence-corrected chi connectivity index (χ0v) is 14.4. The molecule has 0 aromatic heterocycles. The smallest absolute Gasteiger partial charge is 0.325 e. The van der Waals surface area contributed by atoms with Crippen LogP contribution < -0.4 is 5.32 Å². The molecule has 1 saturated carbocycles. The molecule has 1 N–H and O–H groups in total. The second-order valence-corrected chi connectivity index (χ2v) is 7.72. The number of carbonyl (C=O) groups excluding carboxylic acids is 1. The molecule has 0 aliphatic heterocycles. The first-order chi connectivity index (χ1) is 9.48. The number of hydrogen-bond donors (Lipinski definition) is 1. The first kappa shape index (κ1) is 17.8. The SMILES string of the molecule is COC(=O)C(C)(CCCCSCCC(C)C)NC1CC1. The highest BCUT2D eigenvalue weighted by Crippen LogP contribution is 2.26. The van der Waals surface area contributed by atoms with Crippen molar-refractivity contribution in [2.75, 3.05) is 18.6 Å². The molecule has 0 radical (unpaired) electrons. The van der Waals surface area contributed by atoms with Crippen LogP contribution in [0.3, 0.4) is 0 Å². The molecular formula is C16H31NO2S. The molecule has 3 nitrogen and oxygen atoms in total. The topological polar surface area (TPSA) is 38.3 Å². The number of methoxy groups -OCH3 is 1. The van der Waals surface area contributed by atoms with Gasteiger partial charge in [0.1, 0.15) is 5.54 Å². The van der Waals surface area contributed by atoms with Gasteiger partial charge in [-0.25, -0.2) is 0 Å². The minimum atomic E-state index is -0.488. The van der Waals surface area contributed by atoms with Gasteiger partial charge in [-0.3, -0.25) is 10.1 Å². The van der Waals surface area contributed by atoms with Gasteiger partial charge in [0, 0.05) is 6.04 Å². The van der Waals surface area contributed by atoms with Crippen LogP contribution in [-0.4, -0.2) is 36.2 Å². The maximum Gasteiger partial charge on any atom is 0.325 e. The van der Waals surface area contributed by atoms with Gasteiger partial charge < -0.3 is 4.74 Å². The number of ether oxygens (including phenoxy) is 1. The average Bonchev–Trinajstić information content (AvgIpc) is 3.20. The van der Waals surface area contributed by atoms with Crippen LogP contribution in [0.2, 0.25) is 0 Å². The average molecular weight is 301 g/mol. The summed E-state index contributed by atoms with van der Waals surface area (Å²) < 4.78 is 4.96. The molecule has 1 fully saturated rings. The van der Waals surface area contributed by atoms with Gasteiger partial charge in [0.2, 0.25) is 0 Å². The van der Waals surface area contributed by atoms with E-state index in [-0.39, 0.29) is 5.97 Å². The first-order valence-corrected chi connectivity index (χ1v) is 9.07. The molecular weight excluding hydrogens is 270 g/mol. The number of thioether (sulfide) groups is 1. The maximum atomic E-state index is 11.9. The molecule has 1 aliphatic rings. The van der Waals surface area contributed by atoms with Crippen molar-refractivity contribution in [3.05, 3.63) is 0 Å². The molecule has 0 amide bonds. The lowest BCUT2D eigenvalue weighted by Crippen LogP contribution is -2.51. The second-order valence-electron chi connectivity index (χ2n) is 6.49. The molecule has 0 bridgehead atoms. The van der Waals surface area contributed by atoms with Gasteiger partial charge in [-0.1, -0.05) is 20.3 Å². The Hall–Kier alpha value is -0.220. The normalized spacial score (nSPS) is 18.1. The third-order valence-electron chi connectivity index (χ3n) is 3.79. The van der Waals surface area contributed by atoms with Crippen molar-refractivity contribution in [1.82, 2.24) is 5.32 Å². The highest BCUT2D eigenvalue weighted by atomic mass is 32.2. The summed E-state index contributed by atoms with van der Waals surface area (Å²) in [6.07, 6.45) is 6.83. The number of esters is 1. The van der Waals surface area contributed by atoms with E-state index in [1.54, 1.807) is 0 Å². The van der Waals surface area contributed by atoms with Crippen LogP contribution in [0, 0.1) is 5.92 Å². The van der Waals surface area contributed by atoms with Crippen LogP contribution >= 0.6 is 11.8 Å². The molecule has 4 heteroatoms. The van der Waals surface area contributed by atoms with E-state index in [1.165, 1.54) is 44.3 Å². The quantitative estimate of drug-likeness (QED) is 0.467. The second kappa shape index (κ2) is 8.93. The van der Waals surface area contributed by atoms with Crippen molar-refractivity contribution in [1.29, 1.82) is 0 Å². The number of hydrogen-bond acceptors (Lipinski definition) is 4. The lowest BCUT2D eigenvalue weighted by molar-refractivity contribution is -0.148. The monoisotopic (exact) mass is 301 g/mol. The molecule has 1 unspecified atom stereocenters. The summed E-state index contributed by atoms with van der Waals surface area (Å²) in [5.41, 5.74) is -0.488. The van der Waals surface area contributed by atoms with Gasteiger partial charge in [0.05, 0.1) is 7.11 Å². The highest BCUT2D eigenvalue weighted by molar-refractivity contribution is 7.99. The molecule has 1 rings (SSSR count). The molecule has 0 aromatic carbocycles. The Morgan fingerprint density at radius 2 is 2.05 bits per heavy atom. The van der Waals surface area contributed by atoms with Gasteiger partial charge in [-0.15, -0.1) is 0 Å². The summed E-state index contributed by atoms with van der Waals surface area (Å²) in [5.74, 6) is 3.14. The van der Waals surface area contributed by atoms with Gasteiger partial charge >= 0.3 is 5.97 Å². The summed E-state index contributed by atoms with van der Waals surface area (Å²) >= 11 is 2.04. The molecule has 0 aromatic rings. The minimum Gasteiger partial charge on any atom is -0.468 e. The van der Waals surface area contributed by atoms with Crippen molar-refractivity contribution in [3.63, 3.8) is 0 Å². The summed E-state index contributed by atoms with van der Waals surface area (Å²) in [4.78, 5) is 11.9. The molecule has 0 saturated heterocycles. The van der Waals surface area contributed by atoms with Crippen molar-refractivity contribution < 1.29 is 9.53 Å². The number of carbonyl (C=O) groups is 1. The van der Waals surface area contributed by atoms with Crippen LogP contribution in [-0.2, 0) is 9.53 Å². The van der Waals surface area contributed by atoms with Crippen LogP contribution in [0.25, 0.3) is 0 Å². The summed E-state index contributed by atoms with van der Waals surface area (Å²) in [6.45, 7) is 6.53. The van der Waals surface area contributed by atoms with Gasteiger partial charge in [-0.05, 0) is 56.5 Å². The van der Waals surface area contributed by atoms with Crippen molar-refractivity contribution >= 4 is 17.7 Å². The van der Waals surface area contributed by atoms with Crippen LogP contribution in [0.1, 0.15) is 59.3 Å². The van der Waals surface area contributed by atoms with Crippen molar-refractivity contribution in [3.8, 4) is 0 Å². The fourth-order valence-electron chi connectivity index (χ4n) is 2.24. The van der Waals surface area contributed by atoms with E-state index in [4.69, 9.17) is 4.74 Å². The maximum absolute atomic E-state index is 11.9. The van der Waals surface area contributed by atoms with E-state index in [1.807, 2.05) is 18.7 Å². The van der Waals surface area contributed by atoms with Crippen LogP contribution in [0.15, 0.2) is 0 Å². The Bertz CT molecular complexity index is 292. The Balaban J connectivity index is 2.16. The fourth-order valence-corrected chi connectivity index (χ4v) is 3.49. The third kappa shape index (κ3) is 6.98. The lowest BCUT2D eigenvalue weighted by atomic mass is 9.95. The van der Waals surface area contributed by atoms with Gasteiger partial charge in [0.25, 0.3) is 0 Å². The lowest BCUT2D eigenvalue weighted by Gasteiger charge is -2.28. The zero-order valence-electron chi connectivity index (χ0n) is 13.5. The first-order valence-electron chi connectivity index (χ1n) is 7.92. The molecule has 0 heterocycles. The fraction of sp³-hybridized carbons (Fsp3) is 0.938. The van der Waals surface area contributed by atoms with Crippen LogP contribution in [0.4, 0.5) is 0 Å². The van der Waals surface area contributed by atoms with E-state index in [2.05, 4.69) is 19.2 Å². The Kier molecular flexibility index (Phi) is 7.96. The predicted molar refractivity (Wildman–Crippen MR) is 87.2 cm³/mol. The Labute approximate surface area is 128 Å². The third-order valence-corrected chi connectivity index (χ3v) is 4.89. The molecule has 20 heavy (non-hydrogen) atoms. The minimum absolute atomic E-state index is 0.114. The van der Waals surface area contributed by atoms with E-state index in [9.17, 15) is 4.79 Å². The molecule has 1 aliphatic carbocycles. The Morgan fingerprint density at radius 1 is 1.35 bits per heavy atom. The number of nitrogens with one attached hydrogen (secondary N) is 1.